The first kappa shape index (κ1) is 9.70. The van der Waals surface area contributed by atoms with E-state index in [1.54, 1.807) is 0 Å². The Kier molecular flexibility index (Phi) is 2.65. The van der Waals surface area contributed by atoms with Gasteiger partial charge in [-0.3, -0.25) is 4.79 Å². The van der Waals surface area contributed by atoms with Crippen LogP contribution in [0.3, 0.4) is 0 Å². The molecule has 0 radical (unpaired) electrons. The largest absolute Gasteiger partial charge is 0.298 e. The maximum absolute atomic E-state index is 12.8. The summed E-state index contributed by atoms with van der Waals surface area (Å²) in [6.07, 6.45) is -2.54. The summed E-state index contributed by atoms with van der Waals surface area (Å²) in [7, 11) is 0. The van der Waals surface area contributed by atoms with E-state index in [-0.39, 0.29) is 11.1 Å². The molecule has 0 bridgehead atoms. The number of rotatable bonds is 2. The van der Waals surface area contributed by atoms with E-state index in [0.717, 1.165) is 6.07 Å². The summed E-state index contributed by atoms with van der Waals surface area (Å²) in [4.78, 5) is 13.3. The van der Waals surface area contributed by atoms with Crippen molar-refractivity contribution in [2.75, 3.05) is 0 Å². The van der Waals surface area contributed by atoms with Gasteiger partial charge in [-0.25, -0.2) is 13.8 Å². The summed E-state index contributed by atoms with van der Waals surface area (Å²) >= 11 is 0. The van der Waals surface area contributed by atoms with E-state index in [1.165, 1.54) is 6.92 Å². The molecule has 1 aromatic rings. The highest BCUT2D eigenvalue weighted by molar-refractivity contribution is 5.77. The van der Waals surface area contributed by atoms with Gasteiger partial charge in [-0.2, -0.15) is 4.39 Å². The van der Waals surface area contributed by atoms with Crippen molar-refractivity contribution in [3.05, 3.63) is 28.8 Å². The molecule has 0 unspecified atom stereocenters. The van der Waals surface area contributed by atoms with Gasteiger partial charge in [0.2, 0.25) is 5.95 Å². The molecule has 1 heterocycles. The van der Waals surface area contributed by atoms with Crippen LogP contribution in [0, 0.1) is 12.9 Å². The van der Waals surface area contributed by atoms with Crippen LogP contribution in [-0.2, 0) is 0 Å². The number of nitrogens with zero attached hydrogens (tertiary/aromatic N) is 1. The number of hydrogen-bond acceptors (Lipinski definition) is 2. The Morgan fingerprint density at radius 1 is 1.54 bits per heavy atom. The van der Waals surface area contributed by atoms with Gasteiger partial charge in [-0.15, -0.1) is 0 Å². The van der Waals surface area contributed by atoms with Crippen LogP contribution >= 0.6 is 0 Å². The van der Waals surface area contributed by atoms with E-state index in [0.29, 0.717) is 6.29 Å². The Bertz CT molecular complexity index is 338. The fraction of sp³-hybridized carbons (Fsp3) is 0.250. The molecule has 0 amide bonds. The Balaban J connectivity index is 3.30. The van der Waals surface area contributed by atoms with Crippen LogP contribution < -0.4 is 0 Å². The Morgan fingerprint density at radius 3 is 2.62 bits per heavy atom. The summed E-state index contributed by atoms with van der Waals surface area (Å²) in [6.45, 7) is 1.31. The number of aldehydes is 1. The third-order valence-corrected chi connectivity index (χ3v) is 1.62. The molecule has 1 aromatic heterocycles. The van der Waals surface area contributed by atoms with Gasteiger partial charge in [-0.05, 0) is 13.0 Å². The van der Waals surface area contributed by atoms with Gasteiger partial charge in [0, 0.05) is 11.1 Å². The van der Waals surface area contributed by atoms with Crippen LogP contribution in [0.25, 0.3) is 0 Å². The molecule has 0 atom stereocenters. The molecular weight excluding hydrogens is 183 g/mol. The van der Waals surface area contributed by atoms with Gasteiger partial charge in [0.15, 0.2) is 6.29 Å². The number of carbonyl (C=O) groups excluding carboxylic acids is 1. The van der Waals surface area contributed by atoms with E-state index < -0.39 is 18.1 Å². The number of hydrogen-bond donors (Lipinski definition) is 0. The van der Waals surface area contributed by atoms with Crippen LogP contribution in [0.5, 0.6) is 0 Å². The van der Waals surface area contributed by atoms with Crippen LogP contribution in [0.1, 0.15) is 28.0 Å². The topological polar surface area (TPSA) is 30.0 Å². The molecule has 0 fully saturated rings. The molecule has 5 heteroatoms. The van der Waals surface area contributed by atoms with Gasteiger partial charge >= 0.3 is 0 Å². The molecule has 13 heavy (non-hydrogen) atoms. The number of halogens is 3. The van der Waals surface area contributed by atoms with Gasteiger partial charge in [0.1, 0.15) is 5.69 Å². The highest BCUT2D eigenvalue weighted by Gasteiger charge is 2.14. The lowest BCUT2D eigenvalue weighted by atomic mass is 10.1. The third kappa shape index (κ3) is 1.85. The number of aromatic nitrogens is 1. The molecule has 0 saturated heterocycles. The quantitative estimate of drug-likeness (QED) is 0.527. The Labute approximate surface area is 72.4 Å². The van der Waals surface area contributed by atoms with E-state index in [2.05, 4.69) is 4.98 Å². The number of carbonyl (C=O) groups is 1. The molecule has 2 nitrogen and oxygen atoms in total. The van der Waals surface area contributed by atoms with E-state index in [4.69, 9.17) is 0 Å². The van der Waals surface area contributed by atoms with Crippen molar-refractivity contribution in [1.82, 2.24) is 4.98 Å². The van der Waals surface area contributed by atoms with Crippen molar-refractivity contribution in [2.45, 2.75) is 13.3 Å². The lowest BCUT2D eigenvalue weighted by Gasteiger charge is -2.03. The molecule has 0 spiro atoms. The standard InChI is InChI=1S/C8H6F3NO/c1-4-5(3-13)2-6(7(9)10)12-8(4)11/h2-3,7H,1H3. The van der Waals surface area contributed by atoms with E-state index in [1.807, 2.05) is 0 Å². The SMILES string of the molecule is Cc1c(C=O)cc(C(F)F)nc1F. The van der Waals surface area contributed by atoms with Crippen molar-refractivity contribution >= 4 is 6.29 Å². The second-order valence-corrected chi connectivity index (χ2v) is 2.47. The predicted octanol–water partition coefficient (Wildman–Crippen LogP) is 2.28. The maximum Gasteiger partial charge on any atom is 0.280 e. The molecule has 1 rings (SSSR count). The van der Waals surface area contributed by atoms with Gasteiger partial charge in [-0.1, -0.05) is 0 Å². The molecule has 70 valence electrons. The van der Waals surface area contributed by atoms with Crippen LogP contribution in [-0.4, -0.2) is 11.3 Å². The molecule has 0 saturated carbocycles. The minimum absolute atomic E-state index is 0.0144. The molecule has 0 aliphatic rings. The highest BCUT2D eigenvalue weighted by Crippen LogP contribution is 2.19. The van der Waals surface area contributed by atoms with Crippen molar-refractivity contribution in [1.29, 1.82) is 0 Å². The first-order valence-electron chi connectivity index (χ1n) is 3.46. The minimum atomic E-state index is -2.87. The Morgan fingerprint density at radius 2 is 2.15 bits per heavy atom. The summed E-state index contributed by atoms with van der Waals surface area (Å²) in [5, 5.41) is 0. The van der Waals surface area contributed by atoms with Gasteiger partial charge in [0.25, 0.3) is 6.43 Å². The van der Waals surface area contributed by atoms with Crippen LogP contribution in [0.15, 0.2) is 6.07 Å². The zero-order valence-corrected chi connectivity index (χ0v) is 6.72. The van der Waals surface area contributed by atoms with Crippen molar-refractivity contribution < 1.29 is 18.0 Å². The third-order valence-electron chi connectivity index (χ3n) is 1.62. The summed E-state index contributed by atoms with van der Waals surface area (Å²) in [5.74, 6) is -1.03. The average molecular weight is 189 g/mol. The van der Waals surface area contributed by atoms with Crippen molar-refractivity contribution in [3.63, 3.8) is 0 Å². The molecule has 0 aliphatic heterocycles. The van der Waals surface area contributed by atoms with Crippen LogP contribution in [0.4, 0.5) is 13.2 Å². The zero-order chi connectivity index (χ0) is 10.0. The minimum Gasteiger partial charge on any atom is -0.298 e. The predicted molar refractivity (Wildman–Crippen MR) is 39.3 cm³/mol. The van der Waals surface area contributed by atoms with Crippen LogP contribution in [0.2, 0.25) is 0 Å². The molecular formula is C8H6F3NO. The first-order valence-corrected chi connectivity index (χ1v) is 3.46. The lowest BCUT2D eigenvalue weighted by Crippen LogP contribution is -2.00. The second kappa shape index (κ2) is 3.55. The maximum atomic E-state index is 12.8. The summed E-state index contributed by atoms with van der Waals surface area (Å²) in [6, 6.07) is 0.885. The molecule has 0 aromatic carbocycles. The highest BCUT2D eigenvalue weighted by atomic mass is 19.3. The summed E-state index contributed by atoms with van der Waals surface area (Å²) < 4.78 is 36.9. The smallest absolute Gasteiger partial charge is 0.280 e. The average Bonchev–Trinajstić information content (AvgIpc) is 2.09. The zero-order valence-electron chi connectivity index (χ0n) is 6.72. The van der Waals surface area contributed by atoms with Crippen molar-refractivity contribution in [2.24, 2.45) is 0 Å². The first-order chi connectivity index (χ1) is 6.06. The van der Waals surface area contributed by atoms with Gasteiger partial charge < -0.3 is 0 Å². The van der Waals surface area contributed by atoms with Gasteiger partial charge in [0.05, 0.1) is 0 Å². The Hall–Kier alpha value is -1.39. The monoisotopic (exact) mass is 189 g/mol. The molecule has 0 N–H and O–H groups in total. The number of pyridine rings is 1. The normalized spacial score (nSPS) is 10.5. The fourth-order valence-electron chi connectivity index (χ4n) is 0.850. The second-order valence-electron chi connectivity index (χ2n) is 2.47. The lowest BCUT2D eigenvalue weighted by molar-refractivity contribution is 0.112. The van der Waals surface area contributed by atoms with Crippen molar-refractivity contribution in [3.8, 4) is 0 Å². The molecule has 0 aliphatic carbocycles. The van der Waals surface area contributed by atoms with E-state index >= 15 is 0 Å². The fourth-order valence-corrected chi connectivity index (χ4v) is 0.850. The summed E-state index contributed by atoms with van der Waals surface area (Å²) in [5.41, 5.74) is -0.826. The number of alkyl halides is 2. The van der Waals surface area contributed by atoms with E-state index in [9.17, 15) is 18.0 Å².